The summed E-state index contributed by atoms with van der Waals surface area (Å²) in [6.07, 6.45) is 3.84. The summed E-state index contributed by atoms with van der Waals surface area (Å²) in [7, 11) is 3.99. The molecular weight excluding hydrogens is 188 g/mol. The molecule has 1 fully saturated rings. The van der Waals surface area contributed by atoms with Gasteiger partial charge in [0.2, 0.25) is 0 Å². The highest BCUT2D eigenvalue weighted by molar-refractivity contribution is 4.78. The molecule has 0 bridgehead atoms. The summed E-state index contributed by atoms with van der Waals surface area (Å²) in [6.45, 7) is 6.78. The Labute approximate surface area is 94.2 Å². The molecule has 15 heavy (non-hydrogen) atoms. The molecule has 0 aromatic rings. The van der Waals surface area contributed by atoms with Gasteiger partial charge < -0.3 is 15.0 Å². The molecule has 90 valence electrons. The van der Waals surface area contributed by atoms with Gasteiger partial charge >= 0.3 is 0 Å². The second-order valence-electron chi connectivity index (χ2n) is 4.75. The van der Waals surface area contributed by atoms with E-state index in [0.29, 0.717) is 6.04 Å². The Balaban J connectivity index is 2.12. The van der Waals surface area contributed by atoms with E-state index in [2.05, 4.69) is 24.2 Å². The van der Waals surface area contributed by atoms with Crippen LogP contribution in [0.5, 0.6) is 0 Å². The minimum atomic E-state index is 0.643. The molecule has 0 spiro atoms. The molecule has 0 saturated carbocycles. The minimum absolute atomic E-state index is 0.643. The van der Waals surface area contributed by atoms with Gasteiger partial charge in [-0.15, -0.1) is 0 Å². The molecule has 1 N–H and O–H groups in total. The Morgan fingerprint density at radius 2 is 2.33 bits per heavy atom. The van der Waals surface area contributed by atoms with E-state index in [1.54, 1.807) is 7.11 Å². The van der Waals surface area contributed by atoms with Crippen LogP contribution in [0.3, 0.4) is 0 Å². The Bertz CT molecular complexity index is 164. The van der Waals surface area contributed by atoms with Crippen LogP contribution in [-0.4, -0.2) is 51.3 Å². The van der Waals surface area contributed by atoms with E-state index in [0.717, 1.165) is 25.5 Å². The smallest absolute Gasteiger partial charge is 0.0474 e. The number of likely N-dealkylation sites (tertiary alicyclic amines) is 1. The normalized spacial score (nSPS) is 25.4. The fourth-order valence-electron chi connectivity index (χ4n) is 2.33. The number of nitrogens with zero attached hydrogens (tertiary/aromatic N) is 1. The predicted molar refractivity (Wildman–Crippen MR) is 64.2 cm³/mol. The molecule has 0 radical (unpaired) electrons. The first kappa shape index (κ1) is 12.9. The van der Waals surface area contributed by atoms with Crippen molar-refractivity contribution in [3.8, 4) is 0 Å². The van der Waals surface area contributed by atoms with Crippen LogP contribution in [0, 0.1) is 5.92 Å². The summed E-state index contributed by atoms with van der Waals surface area (Å²) in [5.74, 6) is 0.825. The molecular formula is C12H26N2O. The van der Waals surface area contributed by atoms with E-state index in [9.17, 15) is 0 Å². The average Bonchev–Trinajstić information content (AvgIpc) is 2.24. The second-order valence-corrected chi connectivity index (χ2v) is 4.75. The van der Waals surface area contributed by atoms with Crippen LogP contribution in [0.1, 0.15) is 26.2 Å². The molecule has 3 heteroatoms. The van der Waals surface area contributed by atoms with Crippen molar-refractivity contribution in [2.24, 2.45) is 5.92 Å². The lowest BCUT2D eigenvalue weighted by molar-refractivity contribution is 0.170. The first-order chi connectivity index (χ1) is 7.24. The van der Waals surface area contributed by atoms with Gasteiger partial charge in [-0.05, 0) is 52.2 Å². The van der Waals surface area contributed by atoms with Gasteiger partial charge in [0.15, 0.2) is 0 Å². The molecule has 3 nitrogen and oxygen atoms in total. The highest BCUT2D eigenvalue weighted by Crippen LogP contribution is 2.18. The first-order valence-electron chi connectivity index (χ1n) is 6.15. The van der Waals surface area contributed by atoms with Crippen molar-refractivity contribution in [3.63, 3.8) is 0 Å². The number of piperidine rings is 1. The highest BCUT2D eigenvalue weighted by atomic mass is 16.5. The molecule has 1 aliphatic heterocycles. The van der Waals surface area contributed by atoms with Crippen LogP contribution in [0.4, 0.5) is 0 Å². The zero-order valence-electron chi connectivity index (χ0n) is 10.5. The number of nitrogens with one attached hydrogen (secondary N) is 1. The van der Waals surface area contributed by atoms with Gasteiger partial charge in [0, 0.05) is 26.3 Å². The molecule has 1 rings (SSSR count). The van der Waals surface area contributed by atoms with E-state index in [1.165, 1.54) is 25.9 Å². The monoisotopic (exact) mass is 214 g/mol. The zero-order chi connectivity index (χ0) is 11.1. The summed E-state index contributed by atoms with van der Waals surface area (Å²) in [6, 6.07) is 0.643. The molecule has 1 heterocycles. The number of ether oxygens (including phenoxy) is 1. The Kier molecular flexibility index (Phi) is 6.22. The van der Waals surface area contributed by atoms with Crippen molar-refractivity contribution in [1.29, 1.82) is 0 Å². The third-order valence-corrected chi connectivity index (χ3v) is 3.36. The Morgan fingerprint density at radius 1 is 1.53 bits per heavy atom. The number of rotatable bonds is 6. The first-order valence-corrected chi connectivity index (χ1v) is 6.15. The van der Waals surface area contributed by atoms with Gasteiger partial charge in [-0.1, -0.05) is 0 Å². The van der Waals surface area contributed by atoms with E-state index in [-0.39, 0.29) is 0 Å². The van der Waals surface area contributed by atoms with E-state index in [1.807, 2.05) is 0 Å². The average molecular weight is 214 g/mol. The zero-order valence-corrected chi connectivity index (χ0v) is 10.5. The van der Waals surface area contributed by atoms with Crippen LogP contribution in [0.25, 0.3) is 0 Å². The SMILES string of the molecule is COCCCNC(C)C1CCCN(C)C1. The van der Waals surface area contributed by atoms with Crippen LogP contribution < -0.4 is 5.32 Å². The number of hydrogen-bond acceptors (Lipinski definition) is 3. The van der Waals surface area contributed by atoms with E-state index in [4.69, 9.17) is 4.74 Å². The third kappa shape index (κ3) is 4.96. The van der Waals surface area contributed by atoms with Crippen molar-refractivity contribution in [1.82, 2.24) is 10.2 Å². The van der Waals surface area contributed by atoms with E-state index < -0.39 is 0 Å². The maximum absolute atomic E-state index is 5.04. The molecule has 0 aromatic heterocycles. The lowest BCUT2D eigenvalue weighted by atomic mass is 9.92. The van der Waals surface area contributed by atoms with Crippen molar-refractivity contribution in [2.75, 3.05) is 40.4 Å². The summed E-state index contributed by atoms with van der Waals surface area (Å²) in [4.78, 5) is 2.45. The fourth-order valence-corrected chi connectivity index (χ4v) is 2.33. The molecule has 1 saturated heterocycles. The van der Waals surface area contributed by atoms with Gasteiger partial charge in [0.05, 0.1) is 0 Å². The summed E-state index contributed by atoms with van der Waals surface area (Å²) in [5.41, 5.74) is 0. The van der Waals surface area contributed by atoms with E-state index >= 15 is 0 Å². The Hall–Kier alpha value is -0.120. The maximum Gasteiger partial charge on any atom is 0.0474 e. The standard InChI is InChI=1S/C12H26N2O/c1-11(13-7-5-9-15-3)12-6-4-8-14(2)10-12/h11-13H,4-10H2,1-3H3. The maximum atomic E-state index is 5.04. The fraction of sp³-hybridized carbons (Fsp3) is 1.00. The number of methoxy groups -OCH3 is 1. The Morgan fingerprint density at radius 3 is 3.00 bits per heavy atom. The van der Waals surface area contributed by atoms with Crippen molar-refractivity contribution >= 4 is 0 Å². The van der Waals surface area contributed by atoms with Crippen molar-refractivity contribution in [3.05, 3.63) is 0 Å². The molecule has 2 atom stereocenters. The predicted octanol–water partition coefficient (Wildman–Crippen LogP) is 1.34. The summed E-state index contributed by atoms with van der Waals surface area (Å²) >= 11 is 0. The van der Waals surface area contributed by atoms with Gasteiger partial charge in [-0.2, -0.15) is 0 Å². The van der Waals surface area contributed by atoms with Crippen LogP contribution in [0.15, 0.2) is 0 Å². The largest absolute Gasteiger partial charge is 0.385 e. The molecule has 0 aromatic carbocycles. The van der Waals surface area contributed by atoms with Gasteiger partial charge in [-0.25, -0.2) is 0 Å². The van der Waals surface area contributed by atoms with Crippen molar-refractivity contribution in [2.45, 2.75) is 32.2 Å². The molecule has 0 amide bonds. The quantitative estimate of drug-likeness (QED) is 0.675. The van der Waals surface area contributed by atoms with Gasteiger partial charge in [0.1, 0.15) is 0 Å². The molecule has 2 unspecified atom stereocenters. The highest BCUT2D eigenvalue weighted by Gasteiger charge is 2.21. The number of hydrogen-bond donors (Lipinski definition) is 1. The second kappa shape index (κ2) is 7.20. The van der Waals surface area contributed by atoms with Crippen LogP contribution in [0.2, 0.25) is 0 Å². The third-order valence-electron chi connectivity index (χ3n) is 3.36. The van der Waals surface area contributed by atoms with Gasteiger partial charge in [-0.3, -0.25) is 0 Å². The summed E-state index contributed by atoms with van der Waals surface area (Å²) in [5, 5.41) is 3.60. The molecule has 0 aliphatic carbocycles. The lowest BCUT2D eigenvalue weighted by Crippen LogP contribution is -2.43. The molecule has 1 aliphatic rings. The topological polar surface area (TPSA) is 24.5 Å². The van der Waals surface area contributed by atoms with Crippen LogP contribution in [-0.2, 0) is 4.74 Å². The lowest BCUT2D eigenvalue weighted by Gasteiger charge is -2.34. The van der Waals surface area contributed by atoms with Gasteiger partial charge in [0.25, 0.3) is 0 Å². The van der Waals surface area contributed by atoms with Crippen molar-refractivity contribution < 1.29 is 4.74 Å². The van der Waals surface area contributed by atoms with Crippen LogP contribution >= 0.6 is 0 Å². The summed E-state index contributed by atoms with van der Waals surface area (Å²) < 4.78 is 5.04. The minimum Gasteiger partial charge on any atom is -0.385 e.